The van der Waals surface area contributed by atoms with Crippen LogP contribution in [-0.2, 0) is 6.42 Å². The van der Waals surface area contributed by atoms with Gasteiger partial charge in [0.25, 0.3) is 0 Å². The summed E-state index contributed by atoms with van der Waals surface area (Å²) in [6.07, 6.45) is 5.96. The number of rotatable bonds is 5. The maximum atomic E-state index is 12.3. The van der Waals surface area contributed by atoms with E-state index in [4.69, 9.17) is 4.74 Å². The average Bonchev–Trinajstić information content (AvgIpc) is 2.47. The second-order valence-electron chi connectivity index (χ2n) is 5.56. The number of carbonyl (C=O) groups excluding carboxylic acids is 1. The number of Topliss-reactive ketones (excluding diaryl/α,β-unsaturated/α-hetero) is 1. The number of aromatic nitrogens is 1. The maximum Gasteiger partial charge on any atom is 0.212 e. The zero-order valence-corrected chi connectivity index (χ0v) is 12.2. The summed E-state index contributed by atoms with van der Waals surface area (Å²) in [6.45, 7) is 0. The van der Waals surface area contributed by atoms with Gasteiger partial charge in [0, 0.05) is 24.2 Å². The van der Waals surface area contributed by atoms with Crippen molar-refractivity contribution < 1.29 is 9.53 Å². The fourth-order valence-corrected chi connectivity index (χ4v) is 2.61. The predicted octanol–water partition coefficient (Wildman–Crippen LogP) is 3.78. The van der Waals surface area contributed by atoms with Crippen LogP contribution in [0, 0.1) is 0 Å². The molecule has 21 heavy (non-hydrogen) atoms. The number of benzene rings is 1. The lowest BCUT2D eigenvalue weighted by Gasteiger charge is -2.25. The van der Waals surface area contributed by atoms with E-state index >= 15 is 0 Å². The highest BCUT2D eigenvalue weighted by molar-refractivity contribution is 5.97. The van der Waals surface area contributed by atoms with Gasteiger partial charge in [-0.2, -0.15) is 0 Å². The zero-order chi connectivity index (χ0) is 14.7. The highest BCUT2D eigenvalue weighted by atomic mass is 16.5. The summed E-state index contributed by atoms with van der Waals surface area (Å²) in [5, 5.41) is 0. The molecule has 0 radical (unpaired) electrons. The molecule has 0 saturated heterocycles. The van der Waals surface area contributed by atoms with Crippen molar-refractivity contribution in [3.8, 4) is 5.88 Å². The SMILES string of the molecule is COc1ccc(CC(=O)c2ccc(C3CCC3)cc2)cn1. The molecule has 1 aliphatic carbocycles. The molecule has 1 aliphatic rings. The first-order valence-electron chi connectivity index (χ1n) is 7.38. The summed E-state index contributed by atoms with van der Waals surface area (Å²) >= 11 is 0. The number of nitrogens with zero attached hydrogens (tertiary/aromatic N) is 1. The standard InChI is InChI=1S/C18H19NO2/c1-21-18-10-5-13(12-19-18)11-17(20)16-8-6-15(7-9-16)14-3-2-4-14/h5-10,12,14H,2-4,11H2,1H3. The average molecular weight is 281 g/mol. The molecule has 2 aromatic rings. The fourth-order valence-electron chi connectivity index (χ4n) is 2.61. The molecule has 1 fully saturated rings. The molecule has 0 spiro atoms. The minimum Gasteiger partial charge on any atom is -0.481 e. The lowest BCUT2D eigenvalue weighted by molar-refractivity contribution is 0.0993. The van der Waals surface area contributed by atoms with Gasteiger partial charge in [-0.15, -0.1) is 0 Å². The molecule has 0 bridgehead atoms. The van der Waals surface area contributed by atoms with E-state index < -0.39 is 0 Å². The summed E-state index contributed by atoms with van der Waals surface area (Å²) in [4.78, 5) is 16.4. The molecule has 1 saturated carbocycles. The number of ketones is 1. The van der Waals surface area contributed by atoms with Gasteiger partial charge in [0.15, 0.2) is 5.78 Å². The van der Waals surface area contributed by atoms with Gasteiger partial charge < -0.3 is 4.74 Å². The highest BCUT2D eigenvalue weighted by Gasteiger charge is 2.19. The van der Waals surface area contributed by atoms with Crippen molar-refractivity contribution in [3.63, 3.8) is 0 Å². The minimum atomic E-state index is 0.127. The van der Waals surface area contributed by atoms with E-state index in [0.29, 0.717) is 18.2 Å². The Balaban J connectivity index is 1.66. The van der Waals surface area contributed by atoms with Crippen molar-refractivity contribution in [1.29, 1.82) is 0 Å². The molecular formula is C18H19NO2. The van der Waals surface area contributed by atoms with E-state index in [9.17, 15) is 4.79 Å². The van der Waals surface area contributed by atoms with Gasteiger partial charge in [0.05, 0.1) is 7.11 Å². The quantitative estimate of drug-likeness (QED) is 0.783. The van der Waals surface area contributed by atoms with E-state index in [1.807, 2.05) is 18.2 Å². The van der Waals surface area contributed by atoms with Crippen LogP contribution in [0.15, 0.2) is 42.6 Å². The monoisotopic (exact) mass is 281 g/mol. The first kappa shape index (κ1) is 13.8. The summed E-state index contributed by atoms with van der Waals surface area (Å²) in [5.74, 6) is 1.40. The minimum absolute atomic E-state index is 0.127. The van der Waals surface area contributed by atoms with Crippen LogP contribution in [0.25, 0.3) is 0 Å². The van der Waals surface area contributed by atoms with Crippen LogP contribution < -0.4 is 4.74 Å². The Morgan fingerprint density at radius 2 is 1.95 bits per heavy atom. The lowest BCUT2D eigenvalue weighted by atomic mass is 9.80. The Morgan fingerprint density at radius 1 is 1.19 bits per heavy atom. The Labute approximate surface area is 125 Å². The second kappa shape index (κ2) is 6.08. The molecule has 0 amide bonds. The van der Waals surface area contributed by atoms with Crippen LogP contribution in [0.5, 0.6) is 5.88 Å². The van der Waals surface area contributed by atoms with Crippen LogP contribution in [-0.4, -0.2) is 17.9 Å². The predicted molar refractivity (Wildman–Crippen MR) is 81.9 cm³/mol. The number of ether oxygens (including phenoxy) is 1. The Kier molecular flexibility index (Phi) is 4.00. The lowest BCUT2D eigenvalue weighted by Crippen LogP contribution is -2.09. The number of methoxy groups -OCH3 is 1. The van der Waals surface area contributed by atoms with Gasteiger partial charge in [-0.05, 0) is 29.9 Å². The molecular weight excluding hydrogens is 262 g/mol. The van der Waals surface area contributed by atoms with Crippen molar-refractivity contribution in [1.82, 2.24) is 4.98 Å². The second-order valence-corrected chi connectivity index (χ2v) is 5.56. The highest BCUT2D eigenvalue weighted by Crippen LogP contribution is 2.36. The van der Waals surface area contributed by atoms with Crippen LogP contribution >= 0.6 is 0 Å². The zero-order valence-electron chi connectivity index (χ0n) is 12.2. The molecule has 0 unspecified atom stereocenters. The van der Waals surface area contributed by atoms with Crippen molar-refractivity contribution >= 4 is 5.78 Å². The summed E-state index contributed by atoms with van der Waals surface area (Å²) in [7, 11) is 1.58. The number of hydrogen-bond donors (Lipinski definition) is 0. The van der Waals surface area contributed by atoms with E-state index in [2.05, 4.69) is 17.1 Å². The normalized spacial score (nSPS) is 14.5. The molecule has 1 aromatic carbocycles. The molecule has 3 nitrogen and oxygen atoms in total. The summed E-state index contributed by atoms with van der Waals surface area (Å²) < 4.78 is 5.01. The topological polar surface area (TPSA) is 39.2 Å². The number of carbonyl (C=O) groups is 1. The Morgan fingerprint density at radius 3 is 2.48 bits per heavy atom. The van der Waals surface area contributed by atoms with Gasteiger partial charge in [0.2, 0.25) is 5.88 Å². The van der Waals surface area contributed by atoms with E-state index in [1.54, 1.807) is 19.4 Å². The van der Waals surface area contributed by atoms with Gasteiger partial charge in [-0.3, -0.25) is 4.79 Å². The van der Waals surface area contributed by atoms with Gasteiger partial charge >= 0.3 is 0 Å². The van der Waals surface area contributed by atoms with E-state index in [-0.39, 0.29) is 5.78 Å². The van der Waals surface area contributed by atoms with Crippen molar-refractivity contribution in [3.05, 3.63) is 59.3 Å². The van der Waals surface area contributed by atoms with E-state index in [1.165, 1.54) is 24.8 Å². The van der Waals surface area contributed by atoms with Crippen LogP contribution in [0.1, 0.15) is 46.7 Å². The van der Waals surface area contributed by atoms with Gasteiger partial charge in [0.1, 0.15) is 0 Å². The smallest absolute Gasteiger partial charge is 0.212 e. The van der Waals surface area contributed by atoms with Crippen LogP contribution in [0.3, 0.4) is 0 Å². The molecule has 1 heterocycles. The molecule has 108 valence electrons. The fraction of sp³-hybridized carbons (Fsp3) is 0.333. The molecule has 0 N–H and O–H groups in total. The van der Waals surface area contributed by atoms with Crippen LogP contribution in [0.4, 0.5) is 0 Å². The summed E-state index contributed by atoms with van der Waals surface area (Å²) in [5.41, 5.74) is 3.04. The first-order valence-corrected chi connectivity index (χ1v) is 7.38. The number of pyridine rings is 1. The van der Waals surface area contributed by atoms with Gasteiger partial charge in [-0.25, -0.2) is 4.98 Å². The largest absolute Gasteiger partial charge is 0.481 e. The molecule has 3 heteroatoms. The number of hydrogen-bond acceptors (Lipinski definition) is 3. The Hall–Kier alpha value is -2.16. The van der Waals surface area contributed by atoms with Crippen molar-refractivity contribution in [2.75, 3.05) is 7.11 Å². The molecule has 1 aromatic heterocycles. The molecule has 3 rings (SSSR count). The third-order valence-corrected chi connectivity index (χ3v) is 4.18. The summed E-state index contributed by atoms with van der Waals surface area (Å²) in [6, 6.07) is 11.8. The first-order chi connectivity index (χ1) is 10.3. The van der Waals surface area contributed by atoms with E-state index in [0.717, 1.165) is 11.1 Å². The maximum absolute atomic E-state index is 12.3. The van der Waals surface area contributed by atoms with Gasteiger partial charge in [-0.1, -0.05) is 36.8 Å². The molecule has 0 atom stereocenters. The third kappa shape index (κ3) is 3.13. The molecule has 0 aliphatic heterocycles. The third-order valence-electron chi connectivity index (χ3n) is 4.18. The van der Waals surface area contributed by atoms with Crippen LogP contribution in [0.2, 0.25) is 0 Å². The van der Waals surface area contributed by atoms with Crippen molar-refractivity contribution in [2.24, 2.45) is 0 Å². The Bertz CT molecular complexity index is 613. The van der Waals surface area contributed by atoms with Crippen molar-refractivity contribution in [2.45, 2.75) is 31.6 Å².